The van der Waals surface area contributed by atoms with Gasteiger partial charge in [-0.25, -0.2) is 4.79 Å². The van der Waals surface area contributed by atoms with Gasteiger partial charge in [0.2, 0.25) is 0 Å². The maximum Gasteiger partial charge on any atom is 0.317 e. The molecule has 1 N–H and O–H groups in total. The minimum atomic E-state index is 0.0597. The number of nitrogens with zero attached hydrogens (tertiary/aromatic N) is 1. The van der Waals surface area contributed by atoms with E-state index in [4.69, 9.17) is 11.6 Å². The third kappa shape index (κ3) is 3.63. The Kier molecular flexibility index (Phi) is 4.26. The summed E-state index contributed by atoms with van der Waals surface area (Å²) in [4.78, 5) is 13.6. The number of rotatable bonds is 3. The Morgan fingerprint density at radius 1 is 1.35 bits per heavy atom. The highest BCUT2D eigenvalue weighted by molar-refractivity contribution is 6.30. The second kappa shape index (κ2) is 5.92. The zero-order valence-electron chi connectivity index (χ0n) is 9.79. The monoisotopic (exact) mass is 252 g/mol. The number of nitrogens with one attached hydrogen (secondary N) is 1. The second-order valence-corrected chi connectivity index (χ2v) is 4.74. The Hall–Kier alpha value is -1.22. The summed E-state index contributed by atoms with van der Waals surface area (Å²) in [5, 5.41) is 3.68. The molecule has 0 aromatic heterocycles. The summed E-state index contributed by atoms with van der Waals surface area (Å²) in [7, 11) is 0. The molecule has 3 nitrogen and oxygen atoms in total. The van der Waals surface area contributed by atoms with E-state index in [0.717, 1.165) is 42.9 Å². The number of hydrogen-bond donors (Lipinski definition) is 1. The van der Waals surface area contributed by atoms with Crippen molar-refractivity contribution in [2.24, 2.45) is 0 Å². The predicted molar refractivity (Wildman–Crippen MR) is 69.4 cm³/mol. The molecule has 0 unspecified atom stereocenters. The Bertz CT molecular complexity index is 389. The zero-order chi connectivity index (χ0) is 12.1. The van der Waals surface area contributed by atoms with E-state index in [9.17, 15) is 4.79 Å². The van der Waals surface area contributed by atoms with Gasteiger partial charge in [-0.2, -0.15) is 0 Å². The molecule has 1 aromatic carbocycles. The van der Waals surface area contributed by atoms with Crippen molar-refractivity contribution in [2.45, 2.75) is 19.3 Å². The van der Waals surface area contributed by atoms with Crippen LogP contribution in [0.15, 0.2) is 24.3 Å². The summed E-state index contributed by atoms with van der Waals surface area (Å²) in [5.41, 5.74) is 1.15. The molecule has 2 rings (SSSR count). The number of carbonyl (C=O) groups is 1. The fourth-order valence-electron chi connectivity index (χ4n) is 2.04. The van der Waals surface area contributed by atoms with Crippen LogP contribution in [-0.2, 0) is 6.42 Å². The minimum Gasteiger partial charge on any atom is -0.338 e. The molecule has 1 heterocycles. The van der Waals surface area contributed by atoms with E-state index in [1.54, 1.807) is 0 Å². The third-order valence-electron chi connectivity index (χ3n) is 2.97. The second-order valence-electron chi connectivity index (χ2n) is 4.31. The first-order valence-corrected chi connectivity index (χ1v) is 6.41. The Labute approximate surface area is 107 Å². The van der Waals surface area contributed by atoms with Gasteiger partial charge in [-0.1, -0.05) is 23.7 Å². The molecule has 1 aliphatic rings. The molecule has 0 radical (unpaired) electrons. The Morgan fingerprint density at radius 3 is 2.82 bits per heavy atom. The van der Waals surface area contributed by atoms with E-state index in [-0.39, 0.29) is 6.03 Å². The number of amides is 2. The molecule has 0 atom stereocenters. The summed E-state index contributed by atoms with van der Waals surface area (Å²) in [5.74, 6) is 0. The molecule has 0 saturated carbocycles. The van der Waals surface area contributed by atoms with Crippen molar-refractivity contribution >= 4 is 17.6 Å². The predicted octanol–water partition coefficient (Wildman–Crippen LogP) is 2.69. The highest BCUT2D eigenvalue weighted by atomic mass is 35.5. The van der Waals surface area contributed by atoms with Gasteiger partial charge in [-0.05, 0) is 37.0 Å². The summed E-state index contributed by atoms with van der Waals surface area (Å²) in [6.45, 7) is 2.45. The van der Waals surface area contributed by atoms with Crippen LogP contribution in [0.2, 0.25) is 5.02 Å². The van der Waals surface area contributed by atoms with Gasteiger partial charge in [-0.15, -0.1) is 0 Å². The van der Waals surface area contributed by atoms with Gasteiger partial charge in [0.1, 0.15) is 0 Å². The Morgan fingerprint density at radius 2 is 2.12 bits per heavy atom. The topological polar surface area (TPSA) is 32.3 Å². The minimum absolute atomic E-state index is 0.0597. The maximum absolute atomic E-state index is 11.7. The lowest BCUT2D eigenvalue weighted by atomic mass is 10.1. The molecule has 1 aromatic rings. The van der Waals surface area contributed by atoms with Gasteiger partial charge < -0.3 is 10.2 Å². The molecule has 1 aliphatic heterocycles. The first-order chi connectivity index (χ1) is 8.25. The van der Waals surface area contributed by atoms with E-state index >= 15 is 0 Å². The molecule has 0 spiro atoms. The van der Waals surface area contributed by atoms with E-state index in [2.05, 4.69) is 5.32 Å². The lowest BCUT2D eigenvalue weighted by Crippen LogP contribution is -2.38. The van der Waals surface area contributed by atoms with Crippen molar-refractivity contribution in [1.82, 2.24) is 10.2 Å². The summed E-state index contributed by atoms with van der Waals surface area (Å²) in [6.07, 6.45) is 3.07. The summed E-state index contributed by atoms with van der Waals surface area (Å²) in [6, 6.07) is 7.80. The number of halogens is 1. The van der Waals surface area contributed by atoms with Crippen molar-refractivity contribution in [3.05, 3.63) is 34.9 Å². The molecule has 1 saturated heterocycles. The van der Waals surface area contributed by atoms with E-state index in [0.29, 0.717) is 6.54 Å². The fourth-order valence-corrected chi connectivity index (χ4v) is 2.25. The van der Waals surface area contributed by atoms with Crippen molar-refractivity contribution in [1.29, 1.82) is 0 Å². The molecular formula is C13H17ClN2O. The van der Waals surface area contributed by atoms with Crippen LogP contribution >= 0.6 is 11.6 Å². The fraction of sp³-hybridized carbons (Fsp3) is 0.462. The van der Waals surface area contributed by atoms with Crippen LogP contribution in [0.4, 0.5) is 4.79 Å². The van der Waals surface area contributed by atoms with Gasteiger partial charge in [0.25, 0.3) is 0 Å². The van der Waals surface area contributed by atoms with E-state index in [1.807, 2.05) is 29.2 Å². The van der Waals surface area contributed by atoms with Gasteiger partial charge >= 0.3 is 6.03 Å². The van der Waals surface area contributed by atoms with Crippen LogP contribution in [0.5, 0.6) is 0 Å². The van der Waals surface area contributed by atoms with E-state index in [1.165, 1.54) is 0 Å². The van der Waals surface area contributed by atoms with Crippen LogP contribution in [0, 0.1) is 0 Å². The lowest BCUT2D eigenvalue weighted by molar-refractivity contribution is 0.209. The average Bonchev–Trinajstić information content (AvgIpc) is 2.82. The standard InChI is InChI=1S/C13H17ClN2O/c14-12-5-3-4-11(10-12)6-7-15-13(17)16-8-1-2-9-16/h3-5,10H,1-2,6-9H2,(H,15,17). The average molecular weight is 253 g/mol. The van der Waals surface area contributed by atoms with Crippen LogP contribution in [-0.4, -0.2) is 30.6 Å². The normalized spacial score (nSPS) is 15.0. The van der Waals surface area contributed by atoms with Gasteiger partial charge in [0.15, 0.2) is 0 Å². The van der Waals surface area contributed by atoms with Crippen molar-refractivity contribution in [3.63, 3.8) is 0 Å². The lowest BCUT2D eigenvalue weighted by Gasteiger charge is -2.16. The number of benzene rings is 1. The Balaban J connectivity index is 1.73. The van der Waals surface area contributed by atoms with Crippen LogP contribution in [0.3, 0.4) is 0 Å². The van der Waals surface area contributed by atoms with Gasteiger partial charge in [0, 0.05) is 24.7 Å². The molecule has 0 bridgehead atoms. The highest BCUT2D eigenvalue weighted by Crippen LogP contribution is 2.11. The summed E-state index contributed by atoms with van der Waals surface area (Å²) >= 11 is 5.89. The third-order valence-corrected chi connectivity index (χ3v) is 3.21. The molecule has 2 amide bonds. The zero-order valence-corrected chi connectivity index (χ0v) is 10.5. The number of urea groups is 1. The van der Waals surface area contributed by atoms with Crippen LogP contribution in [0.25, 0.3) is 0 Å². The highest BCUT2D eigenvalue weighted by Gasteiger charge is 2.16. The number of hydrogen-bond acceptors (Lipinski definition) is 1. The molecular weight excluding hydrogens is 236 g/mol. The summed E-state index contributed by atoms with van der Waals surface area (Å²) < 4.78 is 0. The molecule has 92 valence electrons. The van der Waals surface area contributed by atoms with Crippen LogP contribution in [0.1, 0.15) is 18.4 Å². The number of carbonyl (C=O) groups excluding carboxylic acids is 1. The quantitative estimate of drug-likeness (QED) is 0.882. The first kappa shape index (κ1) is 12.2. The molecule has 0 aliphatic carbocycles. The smallest absolute Gasteiger partial charge is 0.317 e. The molecule has 1 fully saturated rings. The first-order valence-electron chi connectivity index (χ1n) is 6.03. The van der Waals surface area contributed by atoms with Crippen molar-refractivity contribution in [2.75, 3.05) is 19.6 Å². The largest absolute Gasteiger partial charge is 0.338 e. The van der Waals surface area contributed by atoms with Crippen molar-refractivity contribution < 1.29 is 4.79 Å². The number of likely N-dealkylation sites (tertiary alicyclic amines) is 1. The molecule has 17 heavy (non-hydrogen) atoms. The maximum atomic E-state index is 11.7. The van der Waals surface area contributed by atoms with Crippen molar-refractivity contribution in [3.8, 4) is 0 Å². The van der Waals surface area contributed by atoms with E-state index < -0.39 is 0 Å². The van der Waals surface area contributed by atoms with Crippen LogP contribution < -0.4 is 5.32 Å². The molecule has 4 heteroatoms. The van der Waals surface area contributed by atoms with Gasteiger partial charge in [-0.3, -0.25) is 0 Å². The SMILES string of the molecule is O=C(NCCc1cccc(Cl)c1)N1CCCC1. The van der Waals surface area contributed by atoms with Gasteiger partial charge in [0.05, 0.1) is 0 Å².